The van der Waals surface area contributed by atoms with Gasteiger partial charge in [-0.1, -0.05) is 66.2 Å². The maximum Gasteiger partial charge on any atom is 0.308 e. The van der Waals surface area contributed by atoms with Crippen LogP contribution in [-0.2, 0) is 9.53 Å². The van der Waals surface area contributed by atoms with Crippen molar-refractivity contribution in [3.8, 4) is 0 Å². The number of carbonyl (C=O) groups excluding carboxylic acids is 1. The molecule has 3 heteroatoms. The fourth-order valence-electron chi connectivity index (χ4n) is 2.96. The number of unbranched alkanes of at least 4 members (excludes halogenated alkanes) is 4. The van der Waals surface area contributed by atoms with Crippen LogP contribution < -0.4 is 0 Å². The standard InChI is InChI=1S/C17H36O2Si/c1-5-9-10-11-12-14-19-16(18)17(20,8-4)15(7-3)13-6-2/h15H,5-14H2,1-4,20H3. The van der Waals surface area contributed by atoms with Crippen molar-refractivity contribution >= 4 is 16.2 Å². The average molecular weight is 301 g/mol. The summed E-state index contributed by atoms with van der Waals surface area (Å²) < 4.78 is 5.60. The Morgan fingerprint density at radius 2 is 1.70 bits per heavy atom. The number of ether oxygens (including phenoxy) is 1. The molecular formula is C17H36O2Si. The largest absolute Gasteiger partial charge is 0.466 e. The smallest absolute Gasteiger partial charge is 0.308 e. The van der Waals surface area contributed by atoms with Crippen molar-refractivity contribution in [1.29, 1.82) is 0 Å². The minimum atomic E-state index is -0.159. The van der Waals surface area contributed by atoms with Crippen LogP contribution in [0.3, 0.4) is 0 Å². The van der Waals surface area contributed by atoms with E-state index in [9.17, 15) is 4.79 Å². The van der Waals surface area contributed by atoms with E-state index in [1.165, 1.54) is 25.7 Å². The molecule has 0 aromatic rings. The zero-order valence-electron chi connectivity index (χ0n) is 14.5. The fourth-order valence-corrected chi connectivity index (χ4v) is 3.80. The van der Waals surface area contributed by atoms with E-state index in [0.717, 1.165) is 42.3 Å². The number of rotatable bonds is 12. The van der Waals surface area contributed by atoms with E-state index < -0.39 is 0 Å². The molecule has 0 aromatic carbocycles. The van der Waals surface area contributed by atoms with Crippen molar-refractivity contribution in [2.24, 2.45) is 5.92 Å². The second kappa shape index (κ2) is 11.4. The Morgan fingerprint density at radius 1 is 1.05 bits per heavy atom. The molecular weight excluding hydrogens is 264 g/mol. The van der Waals surface area contributed by atoms with Gasteiger partial charge in [0.2, 0.25) is 0 Å². The molecule has 0 saturated carbocycles. The van der Waals surface area contributed by atoms with E-state index in [-0.39, 0.29) is 11.0 Å². The van der Waals surface area contributed by atoms with Crippen LogP contribution >= 0.6 is 0 Å². The minimum absolute atomic E-state index is 0.0856. The first-order valence-electron chi connectivity index (χ1n) is 8.73. The molecule has 2 nitrogen and oxygen atoms in total. The average Bonchev–Trinajstić information content (AvgIpc) is 2.47. The lowest BCUT2D eigenvalue weighted by Crippen LogP contribution is -2.33. The van der Waals surface area contributed by atoms with Crippen molar-refractivity contribution < 1.29 is 9.53 Å². The van der Waals surface area contributed by atoms with Gasteiger partial charge in [-0.2, -0.15) is 0 Å². The van der Waals surface area contributed by atoms with Gasteiger partial charge in [-0.05, 0) is 25.2 Å². The molecule has 0 radical (unpaired) electrons. The van der Waals surface area contributed by atoms with Gasteiger partial charge in [-0.25, -0.2) is 0 Å². The van der Waals surface area contributed by atoms with E-state index >= 15 is 0 Å². The molecule has 0 rings (SSSR count). The van der Waals surface area contributed by atoms with Gasteiger partial charge in [0.05, 0.1) is 11.6 Å². The topological polar surface area (TPSA) is 26.3 Å². The number of esters is 1. The zero-order valence-corrected chi connectivity index (χ0v) is 16.5. The van der Waals surface area contributed by atoms with Gasteiger partial charge >= 0.3 is 5.97 Å². The second-order valence-electron chi connectivity index (χ2n) is 6.21. The lowest BCUT2D eigenvalue weighted by atomic mass is 9.83. The minimum Gasteiger partial charge on any atom is -0.466 e. The molecule has 20 heavy (non-hydrogen) atoms. The van der Waals surface area contributed by atoms with Crippen LogP contribution in [-0.4, -0.2) is 22.8 Å². The zero-order chi connectivity index (χ0) is 15.4. The summed E-state index contributed by atoms with van der Waals surface area (Å²) in [7, 11) is 0.906. The van der Waals surface area contributed by atoms with Gasteiger partial charge in [0.15, 0.2) is 0 Å². The highest BCUT2D eigenvalue weighted by Gasteiger charge is 2.39. The predicted molar refractivity (Wildman–Crippen MR) is 91.3 cm³/mol. The van der Waals surface area contributed by atoms with Gasteiger partial charge in [-0.15, -0.1) is 0 Å². The van der Waals surface area contributed by atoms with E-state index in [4.69, 9.17) is 4.74 Å². The Labute approximate surface area is 129 Å². The van der Waals surface area contributed by atoms with Crippen LogP contribution in [0.2, 0.25) is 5.04 Å². The molecule has 0 aliphatic rings. The SMILES string of the molecule is CCCCCCCOC(=O)C([SiH3])(CC)C(CC)CCC. The van der Waals surface area contributed by atoms with E-state index in [1.807, 2.05) is 0 Å². The van der Waals surface area contributed by atoms with Crippen molar-refractivity contribution in [3.05, 3.63) is 0 Å². The molecule has 0 amide bonds. The summed E-state index contributed by atoms with van der Waals surface area (Å²) in [6, 6.07) is 0. The third-order valence-corrected chi connectivity index (χ3v) is 6.64. The lowest BCUT2D eigenvalue weighted by Gasteiger charge is -2.34. The summed E-state index contributed by atoms with van der Waals surface area (Å²) in [5.41, 5.74) is 0. The molecule has 2 atom stereocenters. The van der Waals surface area contributed by atoms with Crippen LogP contribution in [0.15, 0.2) is 0 Å². The van der Waals surface area contributed by atoms with Gasteiger partial charge < -0.3 is 4.74 Å². The van der Waals surface area contributed by atoms with Crippen LogP contribution in [0.1, 0.15) is 85.5 Å². The van der Waals surface area contributed by atoms with Gasteiger partial charge in [0.1, 0.15) is 0 Å². The molecule has 0 fully saturated rings. The summed E-state index contributed by atoms with van der Waals surface area (Å²) in [6.07, 6.45) is 10.4. The van der Waals surface area contributed by atoms with Crippen molar-refractivity contribution in [2.45, 2.75) is 90.5 Å². The Balaban J connectivity index is 4.24. The molecule has 0 saturated heterocycles. The maximum atomic E-state index is 12.5. The third-order valence-electron chi connectivity index (χ3n) is 4.71. The first kappa shape index (κ1) is 19.7. The van der Waals surface area contributed by atoms with E-state index in [2.05, 4.69) is 27.7 Å². The summed E-state index contributed by atoms with van der Waals surface area (Å²) in [5.74, 6) is 0.596. The molecule has 0 heterocycles. The summed E-state index contributed by atoms with van der Waals surface area (Å²) >= 11 is 0. The highest BCUT2D eigenvalue weighted by Crippen LogP contribution is 2.42. The lowest BCUT2D eigenvalue weighted by molar-refractivity contribution is -0.149. The summed E-state index contributed by atoms with van der Waals surface area (Å²) in [4.78, 5) is 12.5. The second-order valence-corrected chi connectivity index (χ2v) is 8.00. The normalized spacial score (nSPS) is 15.8. The van der Waals surface area contributed by atoms with Crippen molar-refractivity contribution in [1.82, 2.24) is 0 Å². The van der Waals surface area contributed by atoms with Crippen molar-refractivity contribution in [2.75, 3.05) is 6.61 Å². The molecule has 0 bridgehead atoms. The Bertz CT molecular complexity index is 255. The first-order valence-corrected chi connectivity index (χ1v) is 9.73. The third kappa shape index (κ3) is 6.42. The van der Waals surface area contributed by atoms with Crippen LogP contribution in [0.4, 0.5) is 0 Å². The fraction of sp³-hybridized carbons (Fsp3) is 0.941. The highest BCUT2D eigenvalue weighted by atomic mass is 28.1. The van der Waals surface area contributed by atoms with Gasteiger partial charge in [0.25, 0.3) is 0 Å². The van der Waals surface area contributed by atoms with Gasteiger partial charge in [0, 0.05) is 10.2 Å². The molecule has 0 aromatic heterocycles. The predicted octanol–water partition coefficient (Wildman–Crippen LogP) is 4.26. The molecule has 120 valence electrons. The number of carbonyl (C=O) groups is 1. The van der Waals surface area contributed by atoms with Crippen LogP contribution in [0, 0.1) is 5.92 Å². The van der Waals surface area contributed by atoms with Crippen molar-refractivity contribution in [3.63, 3.8) is 0 Å². The number of hydrogen-bond donors (Lipinski definition) is 0. The Hall–Kier alpha value is -0.313. The molecule has 2 unspecified atom stereocenters. The highest BCUT2D eigenvalue weighted by molar-refractivity contribution is 6.27. The molecule has 0 aliphatic carbocycles. The maximum absolute atomic E-state index is 12.5. The van der Waals surface area contributed by atoms with Crippen LogP contribution in [0.5, 0.6) is 0 Å². The monoisotopic (exact) mass is 300 g/mol. The Morgan fingerprint density at radius 3 is 2.20 bits per heavy atom. The van der Waals surface area contributed by atoms with Gasteiger partial charge in [-0.3, -0.25) is 4.79 Å². The summed E-state index contributed by atoms with van der Waals surface area (Å²) in [6.45, 7) is 9.40. The van der Waals surface area contributed by atoms with E-state index in [0.29, 0.717) is 12.5 Å². The number of hydrogen-bond acceptors (Lipinski definition) is 2. The first-order chi connectivity index (χ1) is 9.56. The molecule has 0 aliphatic heterocycles. The Kier molecular flexibility index (Phi) is 11.2. The molecule has 0 spiro atoms. The summed E-state index contributed by atoms with van der Waals surface area (Å²) in [5, 5.41) is -0.159. The van der Waals surface area contributed by atoms with Crippen LogP contribution in [0.25, 0.3) is 0 Å². The van der Waals surface area contributed by atoms with E-state index in [1.54, 1.807) is 0 Å². The molecule has 0 N–H and O–H groups in total. The quantitative estimate of drug-likeness (QED) is 0.306.